The number of carbonyl (C=O) groups is 1. The van der Waals surface area contributed by atoms with E-state index in [0.717, 1.165) is 17.1 Å². The molecule has 1 amide bonds. The van der Waals surface area contributed by atoms with Crippen LogP contribution in [-0.4, -0.2) is 64.5 Å². The van der Waals surface area contributed by atoms with Crippen molar-refractivity contribution < 1.29 is 9.90 Å². The van der Waals surface area contributed by atoms with Crippen molar-refractivity contribution in [2.45, 2.75) is 19.4 Å². The second kappa shape index (κ2) is 7.10. The summed E-state index contributed by atoms with van der Waals surface area (Å²) in [7, 11) is 1.94. The third kappa shape index (κ3) is 3.17. The van der Waals surface area contributed by atoms with E-state index in [9.17, 15) is 9.90 Å². The van der Waals surface area contributed by atoms with E-state index in [4.69, 9.17) is 0 Å². The van der Waals surface area contributed by atoms with Crippen LogP contribution in [0.15, 0.2) is 42.7 Å². The van der Waals surface area contributed by atoms with E-state index >= 15 is 0 Å². The number of hydrogen-bond acceptors (Lipinski definition) is 5. The van der Waals surface area contributed by atoms with Gasteiger partial charge < -0.3 is 14.6 Å². The van der Waals surface area contributed by atoms with Gasteiger partial charge in [0.1, 0.15) is 0 Å². The summed E-state index contributed by atoms with van der Waals surface area (Å²) in [4.78, 5) is 14.9. The number of likely N-dealkylation sites (tertiary alicyclic amines) is 1. The van der Waals surface area contributed by atoms with E-state index in [2.05, 4.69) is 20.4 Å². The molecule has 0 bridgehead atoms. The first kappa shape index (κ1) is 18.6. The summed E-state index contributed by atoms with van der Waals surface area (Å²) >= 11 is 0. The van der Waals surface area contributed by atoms with Crippen LogP contribution in [0.25, 0.3) is 17.2 Å². The second-order valence-corrected chi connectivity index (χ2v) is 7.96. The predicted octanol–water partition coefficient (Wildman–Crippen LogP) is 1.44. The number of β-amino-alcohol motifs (C(OH)–C–C–N with tert-alkyl or cyclic N) is 1. The summed E-state index contributed by atoms with van der Waals surface area (Å²) in [6.07, 6.45) is 3.79. The Labute approximate surface area is 173 Å². The number of hydrogen-bond donors (Lipinski definition) is 2. The lowest BCUT2D eigenvalue weighted by Gasteiger charge is -2.16. The molecule has 2 N–H and O–H groups in total. The molecule has 4 aromatic rings. The number of aromatic nitrogens is 6. The number of aromatic amines is 1. The Balaban J connectivity index is 1.39. The zero-order chi connectivity index (χ0) is 20.8. The van der Waals surface area contributed by atoms with Crippen LogP contribution in [0.2, 0.25) is 0 Å². The van der Waals surface area contributed by atoms with Crippen LogP contribution in [0.5, 0.6) is 0 Å². The maximum atomic E-state index is 13.2. The lowest BCUT2D eigenvalue weighted by atomic mass is 10.0. The molecule has 1 saturated heterocycles. The summed E-state index contributed by atoms with van der Waals surface area (Å²) in [6.45, 7) is 2.76. The molecule has 5 rings (SSSR count). The van der Waals surface area contributed by atoms with Crippen molar-refractivity contribution in [1.82, 2.24) is 34.3 Å². The minimum Gasteiger partial charge on any atom is -0.391 e. The highest BCUT2D eigenvalue weighted by Gasteiger charge is 2.35. The van der Waals surface area contributed by atoms with Crippen LogP contribution in [0.1, 0.15) is 21.7 Å². The molecule has 2 atom stereocenters. The lowest BCUT2D eigenvalue weighted by Crippen LogP contribution is -2.29. The maximum absolute atomic E-state index is 13.2. The first-order valence-electron chi connectivity index (χ1n) is 9.94. The number of aliphatic hydroxyl groups excluding tert-OH is 1. The van der Waals surface area contributed by atoms with Crippen LogP contribution in [-0.2, 0) is 13.5 Å². The highest BCUT2D eigenvalue weighted by Crippen LogP contribution is 2.24. The molecule has 0 saturated carbocycles. The highest BCUT2D eigenvalue weighted by molar-refractivity contribution is 5.94. The molecular weight excluding hydrogens is 382 g/mol. The SMILES string of the molecule is Cc1cc(C[C@@H]2CN(C(=O)c3ccc4nnc(-c5cccn5C)n4c3)C[C@@H]2O)n[nH]1. The fraction of sp³-hybridized carbons (Fsp3) is 0.333. The predicted molar refractivity (Wildman–Crippen MR) is 110 cm³/mol. The Morgan fingerprint density at radius 1 is 1.27 bits per heavy atom. The van der Waals surface area contributed by atoms with E-state index < -0.39 is 6.10 Å². The van der Waals surface area contributed by atoms with Gasteiger partial charge >= 0.3 is 0 Å². The number of nitrogens with one attached hydrogen (secondary N) is 1. The number of carbonyl (C=O) groups excluding carboxylic acids is 1. The minimum absolute atomic E-state index is 0.0331. The standard InChI is InChI=1S/C21H23N7O2/c1-13-8-16(23-22-13)9-15-10-27(12-18(15)29)21(30)14-5-6-19-24-25-20(28(19)11-14)17-4-3-7-26(17)2/h3-8,11,15,18,29H,9-10,12H2,1-2H3,(H,22,23)/t15-,18+/m1/s1. The van der Waals surface area contributed by atoms with Crippen molar-refractivity contribution in [3.8, 4) is 11.5 Å². The third-order valence-corrected chi connectivity index (χ3v) is 5.75. The van der Waals surface area contributed by atoms with Crippen LogP contribution >= 0.6 is 0 Å². The average Bonchev–Trinajstić information content (AvgIpc) is 3.50. The van der Waals surface area contributed by atoms with Gasteiger partial charge in [-0.2, -0.15) is 5.10 Å². The van der Waals surface area contributed by atoms with Crippen LogP contribution in [0.3, 0.4) is 0 Å². The maximum Gasteiger partial charge on any atom is 0.255 e. The molecule has 0 unspecified atom stereocenters. The summed E-state index contributed by atoms with van der Waals surface area (Å²) in [5.74, 6) is 0.540. The topological polar surface area (TPSA) is 104 Å². The molecule has 0 radical (unpaired) electrons. The van der Waals surface area contributed by atoms with Crippen molar-refractivity contribution in [2.75, 3.05) is 13.1 Å². The second-order valence-electron chi connectivity index (χ2n) is 7.96. The van der Waals surface area contributed by atoms with Crippen LogP contribution < -0.4 is 0 Å². The summed E-state index contributed by atoms with van der Waals surface area (Å²) in [6, 6.07) is 9.44. The Hall–Kier alpha value is -3.46. The van der Waals surface area contributed by atoms with Crippen molar-refractivity contribution in [3.05, 3.63) is 59.7 Å². The largest absolute Gasteiger partial charge is 0.391 e. The minimum atomic E-state index is -0.566. The molecular formula is C21H23N7O2. The van der Waals surface area contributed by atoms with Gasteiger partial charge in [-0.1, -0.05) is 0 Å². The molecule has 9 heteroatoms. The fourth-order valence-corrected chi connectivity index (χ4v) is 4.14. The molecule has 1 fully saturated rings. The summed E-state index contributed by atoms with van der Waals surface area (Å²) < 4.78 is 3.79. The number of amides is 1. The van der Waals surface area contributed by atoms with Crippen LogP contribution in [0.4, 0.5) is 0 Å². The number of pyridine rings is 1. The third-order valence-electron chi connectivity index (χ3n) is 5.75. The van der Waals surface area contributed by atoms with E-state index in [1.807, 2.05) is 47.3 Å². The van der Waals surface area contributed by atoms with Crippen molar-refractivity contribution in [1.29, 1.82) is 0 Å². The van der Waals surface area contributed by atoms with Gasteiger partial charge in [0.2, 0.25) is 0 Å². The Morgan fingerprint density at radius 2 is 2.13 bits per heavy atom. The fourth-order valence-electron chi connectivity index (χ4n) is 4.14. The van der Waals surface area contributed by atoms with Crippen molar-refractivity contribution >= 4 is 11.6 Å². The van der Waals surface area contributed by atoms with Gasteiger partial charge in [-0.15, -0.1) is 10.2 Å². The van der Waals surface area contributed by atoms with Gasteiger partial charge in [0.05, 0.1) is 23.1 Å². The molecule has 4 aromatic heterocycles. The normalized spacial score (nSPS) is 19.1. The van der Waals surface area contributed by atoms with Gasteiger partial charge in [0, 0.05) is 44.1 Å². The number of fused-ring (bicyclic) bond motifs is 1. The highest BCUT2D eigenvalue weighted by atomic mass is 16.3. The molecule has 30 heavy (non-hydrogen) atoms. The molecule has 0 spiro atoms. The zero-order valence-electron chi connectivity index (χ0n) is 16.9. The van der Waals surface area contributed by atoms with Crippen molar-refractivity contribution in [3.63, 3.8) is 0 Å². The van der Waals surface area contributed by atoms with E-state index in [-0.39, 0.29) is 11.8 Å². The molecule has 1 aliphatic rings. The zero-order valence-corrected chi connectivity index (χ0v) is 16.9. The van der Waals surface area contributed by atoms with Gasteiger partial charge in [0.15, 0.2) is 11.5 Å². The average molecular weight is 405 g/mol. The molecule has 0 aliphatic carbocycles. The molecule has 1 aliphatic heterocycles. The van der Waals surface area contributed by atoms with Gasteiger partial charge in [-0.05, 0) is 43.7 Å². The monoisotopic (exact) mass is 405 g/mol. The molecule has 0 aromatic carbocycles. The quantitative estimate of drug-likeness (QED) is 0.535. The summed E-state index contributed by atoms with van der Waals surface area (Å²) in [5, 5.41) is 26.2. The number of nitrogens with zero attached hydrogens (tertiary/aromatic N) is 6. The van der Waals surface area contributed by atoms with Gasteiger partial charge in [-0.3, -0.25) is 14.3 Å². The van der Waals surface area contributed by atoms with Gasteiger partial charge in [-0.25, -0.2) is 0 Å². The first-order valence-corrected chi connectivity index (χ1v) is 9.94. The smallest absolute Gasteiger partial charge is 0.255 e. The Morgan fingerprint density at radius 3 is 2.87 bits per heavy atom. The van der Waals surface area contributed by atoms with Crippen LogP contribution in [0, 0.1) is 12.8 Å². The Bertz CT molecular complexity index is 1220. The number of H-pyrrole nitrogens is 1. The number of aryl methyl sites for hydroxylation is 2. The van der Waals surface area contributed by atoms with E-state index in [1.54, 1.807) is 23.2 Å². The Kier molecular flexibility index (Phi) is 4.39. The molecule has 154 valence electrons. The van der Waals surface area contributed by atoms with Crippen molar-refractivity contribution in [2.24, 2.45) is 13.0 Å². The molecule has 9 nitrogen and oxygen atoms in total. The number of aliphatic hydroxyl groups is 1. The molecule has 5 heterocycles. The number of rotatable bonds is 4. The first-order chi connectivity index (χ1) is 14.5. The summed E-state index contributed by atoms with van der Waals surface area (Å²) in [5.41, 5.74) is 4.03. The van der Waals surface area contributed by atoms with E-state index in [1.165, 1.54) is 0 Å². The lowest BCUT2D eigenvalue weighted by molar-refractivity contribution is 0.0764. The van der Waals surface area contributed by atoms with E-state index in [0.29, 0.717) is 36.5 Å². The van der Waals surface area contributed by atoms with Gasteiger partial charge in [0.25, 0.3) is 5.91 Å².